The summed E-state index contributed by atoms with van der Waals surface area (Å²) in [5.74, 6) is 0. The third-order valence-corrected chi connectivity index (χ3v) is 4.66. The Labute approximate surface area is 120 Å². The second kappa shape index (κ2) is 3.96. The number of allylic oxidation sites excluding steroid dienone is 9. The highest BCUT2D eigenvalue weighted by atomic mass is 14.4. The molecule has 0 nitrogen and oxygen atoms in total. The van der Waals surface area contributed by atoms with Crippen LogP contribution in [-0.2, 0) is 0 Å². The molecule has 0 saturated carbocycles. The van der Waals surface area contributed by atoms with Crippen molar-refractivity contribution in [3.05, 3.63) is 82.5 Å². The molecule has 1 aromatic rings. The van der Waals surface area contributed by atoms with Gasteiger partial charge in [0.15, 0.2) is 0 Å². The monoisotopic (exact) mass is 258 g/mol. The molecule has 0 radical (unpaired) electrons. The van der Waals surface area contributed by atoms with Crippen LogP contribution in [0.15, 0.2) is 65.8 Å². The van der Waals surface area contributed by atoms with Crippen LogP contribution in [0.1, 0.15) is 30.0 Å². The molecule has 98 valence electrons. The lowest BCUT2D eigenvalue weighted by Crippen LogP contribution is -2.27. The average molecular weight is 258 g/mol. The Bertz CT molecular complexity index is 750. The van der Waals surface area contributed by atoms with Crippen molar-refractivity contribution in [2.75, 3.05) is 0 Å². The van der Waals surface area contributed by atoms with Crippen LogP contribution in [0.5, 0.6) is 0 Å². The van der Waals surface area contributed by atoms with Crippen LogP contribution in [0.2, 0.25) is 0 Å². The molecule has 0 aliphatic heterocycles. The van der Waals surface area contributed by atoms with E-state index in [9.17, 15) is 0 Å². The zero-order valence-corrected chi connectivity index (χ0v) is 12.0. The number of fused-ring (bicyclic) bond motifs is 2. The van der Waals surface area contributed by atoms with Gasteiger partial charge in [-0.3, -0.25) is 0 Å². The van der Waals surface area contributed by atoms with Gasteiger partial charge >= 0.3 is 0 Å². The molecule has 3 aliphatic carbocycles. The van der Waals surface area contributed by atoms with Crippen LogP contribution >= 0.6 is 0 Å². The van der Waals surface area contributed by atoms with Gasteiger partial charge in [0, 0.05) is 5.41 Å². The maximum absolute atomic E-state index is 2.40. The van der Waals surface area contributed by atoms with Gasteiger partial charge in [0.1, 0.15) is 0 Å². The smallest absolute Gasteiger partial charge is 0.0425 e. The number of hydrogen-bond acceptors (Lipinski definition) is 0. The van der Waals surface area contributed by atoms with Crippen molar-refractivity contribution in [2.24, 2.45) is 5.41 Å². The lowest BCUT2D eigenvalue weighted by molar-refractivity contribution is 0.621. The lowest BCUT2D eigenvalue weighted by atomic mass is 9.61. The van der Waals surface area contributed by atoms with Crippen LogP contribution in [0.3, 0.4) is 0 Å². The van der Waals surface area contributed by atoms with E-state index < -0.39 is 0 Å². The summed E-state index contributed by atoms with van der Waals surface area (Å²) >= 11 is 0. The minimum absolute atomic E-state index is 0.0645. The summed E-state index contributed by atoms with van der Waals surface area (Å²) in [5.41, 5.74) is 8.37. The summed E-state index contributed by atoms with van der Waals surface area (Å²) in [4.78, 5) is 0. The van der Waals surface area contributed by atoms with E-state index in [1.165, 1.54) is 33.4 Å². The fourth-order valence-corrected chi connectivity index (χ4v) is 3.60. The van der Waals surface area contributed by atoms with Crippen molar-refractivity contribution < 1.29 is 0 Å². The zero-order valence-electron chi connectivity index (χ0n) is 12.0. The van der Waals surface area contributed by atoms with Gasteiger partial charge < -0.3 is 0 Å². The normalized spacial score (nSPS) is 26.0. The highest BCUT2D eigenvalue weighted by Gasteiger charge is 2.40. The van der Waals surface area contributed by atoms with E-state index in [0.717, 1.165) is 6.42 Å². The van der Waals surface area contributed by atoms with E-state index in [4.69, 9.17) is 0 Å². The van der Waals surface area contributed by atoms with Crippen LogP contribution in [-0.4, -0.2) is 0 Å². The van der Waals surface area contributed by atoms with E-state index >= 15 is 0 Å². The largest absolute Gasteiger partial charge is 0.0830 e. The Morgan fingerprint density at radius 2 is 2.00 bits per heavy atom. The Morgan fingerprint density at radius 1 is 1.10 bits per heavy atom. The minimum atomic E-state index is 0.0645. The van der Waals surface area contributed by atoms with Crippen LogP contribution in [0.4, 0.5) is 0 Å². The third kappa shape index (κ3) is 1.48. The van der Waals surface area contributed by atoms with E-state index in [1.807, 2.05) is 0 Å². The molecule has 3 aliphatic rings. The van der Waals surface area contributed by atoms with Gasteiger partial charge in [0.25, 0.3) is 0 Å². The molecule has 1 unspecified atom stereocenters. The molecule has 0 bridgehead atoms. The zero-order chi connectivity index (χ0) is 13.7. The first-order valence-corrected chi connectivity index (χ1v) is 7.27. The van der Waals surface area contributed by atoms with Gasteiger partial charge in [-0.25, -0.2) is 0 Å². The van der Waals surface area contributed by atoms with Gasteiger partial charge in [-0.15, -0.1) is 0 Å². The molecule has 4 rings (SSSR count). The van der Waals surface area contributed by atoms with E-state index in [-0.39, 0.29) is 5.41 Å². The highest BCUT2D eigenvalue weighted by Crippen LogP contribution is 2.54. The molecule has 0 fully saturated rings. The van der Waals surface area contributed by atoms with Crippen molar-refractivity contribution in [2.45, 2.75) is 20.3 Å². The fraction of sp³-hybridized carbons (Fsp3) is 0.200. The lowest BCUT2D eigenvalue weighted by Gasteiger charge is -2.41. The standard InChI is InChI=1S/C20H18/c1-14-6-7-16-13-17-11-15(2)8-10-20(17)9-4-3-5-19(20)18(16)12-14/h3-8,10-13H,9H2,1-2H3. The van der Waals surface area contributed by atoms with Crippen molar-refractivity contribution in [1.82, 2.24) is 0 Å². The summed E-state index contributed by atoms with van der Waals surface area (Å²) in [7, 11) is 0. The van der Waals surface area contributed by atoms with Gasteiger partial charge in [-0.2, -0.15) is 0 Å². The minimum Gasteiger partial charge on any atom is -0.0830 e. The molecule has 0 saturated heterocycles. The molecule has 0 aromatic heterocycles. The maximum Gasteiger partial charge on any atom is 0.0425 e. The van der Waals surface area contributed by atoms with Crippen LogP contribution in [0.25, 0.3) is 11.6 Å². The molecular weight excluding hydrogens is 240 g/mol. The van der Waals surface area contributed by atoms with Gasteiger partial charge in [0.05, 0.1) is 0 Å². The average Bonchev–Trinajstić information content (AvgIpc) is 2.46. The summed E-state index contributed by atoms with van der Waals surface area (Å²) < 4.78 is 0. The topological polar surface area (TPSA) is 0 Å². The molecule has 0 amide bonds. The summed E-state index contributed by atoms with van der Waals surface area (Å²) in [6, 6.07) is 6.79. The predicted molar refractivity (Wildman–Crippen MR) is 86.2 cm³/mol. The fourth-order valence-electron chi connectivity index (χ4n) is 3.60. The first-order valence-electron chi connectivity index (χ1n) is 7.27. The van der Waals surface area contributed by atoms with E-state index in [0.29, 0.717) is 0 Å². The Balaban J connectivity index is 2.05. The Kier molecular flexibility index (Phi) is 2.32. The summed E-state index contributed by atoms with van der Waals surface area (Å²) in [6.45, 7) is 4.35. The molecule has 0 N–H and O–H groups in total. The molecule has 0 heteroatoms. The second-order valence-electron chi connectivity index (χ2n) is 6.10. The molecule has 1 spiro atoms. The first kappa shape index (κ1) is 11.7. The highest BCUT2D eigenvalue weighted by molar-refractivity contribution is 5.90. The number of aryl methyl sites for hydroxylation is 1. The SMILES string of the molecule is CC1=CC2=Cc3ccc(C)cc3C3=CC=CCC23C=C1. The third-order valence-electron chi connectivity index (χ3n) is 4.66. The second-order valence-corrected chi connectivity index (χ2v) is 6.10. The summed E-state index contributed by atoms with van der Waals surface area (Å²) in [6.07, 6.45) is 17.2. The van der Waals surface area contributed by atoms with Crippen molar-refractivity contribution in [3.8, 4) is 0 Å². The predicted octanol–water partition coefficient (Wildman–Crippen LogP) is 5.24. The van der Waals surface area contributed by atoms with Crippen LogP contribution in [0, 0.1) is 12.3 Å². The Morgan fingerprint density at radius 3 is 2.90 bits per heavy atom. The first-order chi connectivity index (χ1) is 9.69. The molecule has 1 aromatic carbocycles. The van der Waals surface area contributed by atoms with E-state index in [2.05, 4.69) is 74.6 Å². The molecule has 0 heterocycles. The number of benzene rings is 1. The van der Waals surface area contributed by atoms with Gasteiger partial charge in [0.2, 0.25) is 0 Å². The van der Waals surface area contributed by atoms with Crippen LogP contribution < -0.4 is 0 Å². The van der Waals surface area contributed by atoms with Crippen molar-refractivity contribution in [1.29, 1.82) is 0 Å². The van der Waals surface area contributed by atoms with Crippen molar-refractivity contribution >= 4 is 11.6 Å². The summed E-state index contributed by atoms with van der Waals surface area (Å²) in [5, 5.41) is 0. The van der Waals surface area contributed by atoms with Crippen molar-refractivity contribution in [3.63, 3.8) is 0 Å². The number of hydrogen-bond donors (Lipinski definition) is 0. The molecular formula is C20H18. The number of rotatable bonds is 0. The quantitative estimate of drug-likeness (QED) is 0.597. The molecule has 20 heavy (non-hydrogen) atoms. The van der Waals surface area contributed by atoms with Gasteiger partial charge in [-0.1, -0.05) is 65.8 Å². The molecule has 1 atom stereocenters. The van der Waals surface area contributed by atoms with E-state index in [1.54, 1.807) is 0 Å². The Hall–Kier alpha value is -2.08. The van der Waals surface area contributed by atoms with Gasteiger partial charge in [-0.05, 0) is 48.6 Å². The maximum atomic E-state index is 2.40.